The molecule has 4 rings (SSSR count). The third kappa shape index (κ3) is 3.35. The second-order valence-electron chi connectivity index (χ2n) is 6.27. The largest absolute Gasteiger partial charge is 0.485 e. The number of benzene rings is 2. The molecule has 1 fully saturated rings. The van der Waals surface area contributed by atoms with Crippen LogP contribution in [-0.2, 0) is 6.54 Å². The minimum absolute atomic E-state index is 0.0257. The van der Waals surface area contributed by atoms with Gasteiger partial charge >= 0.3 is 0 Å². The summed E-state index contributed by atoms with van der Waals surface area (Å²) in [4.78, 5) is 2.50. The summed E-state index contributed by atoms with van der Waals surface area (Å²) in [5, 5.41) is 0. The molecule has 0 amide bonds. The van der Waals surface area contributed by atoms with Crippen molar-refractivity contribution in [2.45, 2.75) is 25.5 Å². The molecule has 1 saturated heterocycles. The molecule has 119 valence electrons. The number of fused-ring (bicyclic) bond motifs is 1. The highest BCUT2D eigenvalue weighted by Crippen LogP contribution is 2.35. The first kappa shape index (κ1) is 14.6. The Morgan fingerprint density at radius 3 is 2.61 bits per heavy atom. The number of nitrogens with zero attached hydrogens (tertiary/aromatic N) is 1. The Kier molecular flexibility index (Phi) is 4.20. The molecule has 0 aromatic heterocycles. The van der Waals surface area contributed by atoms with Crippen molar-refractivity contribution in [1.29, 1.82) is 0 Å². The lowest BCUT2D eigenvalue weighted by molar-refractivity contribution is 0.0913. The molecule has 2 aliphatic heterocycles. The normalized spacial score (nSPS) is 21.1. The van der Waals surface area contributed by atoms with Gasteiger partial charge in [-0.15, -0.1) is 0 Å². The zero-order chi connectivity index (χ0) is 15.5. The molecule has 2 aliphatic rings. The zero-order valence-corrected chi connectivity index (χ0v) is 13.3. The molecule has 0 saturated carbocycles. The van der Waals surface area contributed by atoms with Crippen LogP contribution in [0.3, 0.4) is 0 Å². The second kappa shape index (κ2) is 6.63. The average molecular weight is 308 g/mol. The molecule has 0 N–H and O–H groups in total. The maximum absolute atomic E-state index is 6.07. The van der Waals surface area contributed by atoms with Crippen LogP contribution in [0, 0.1) is 6.42 Å². The fourth-order valence-electron chi connectivity index (χ4n) is 3.25. The van der Waals surface area contributed by atoms with Crippen LogP contribution in [0.15, 0.2) is 48.5 Å². The smallest absolute Gasteiger partial charge is 0.162 e. The second-order valence-corrected chi connectivity index (χ2v) is 6.27. The van der Waals surface area contributed by atoms with Crippen molar-refractivity contribution in [3.63, 3.8) is 0 Å². The van der Waals surface area contributed by atoms with Crippen molar-refractivity contribution in [1.82, 2.24) is 4.90 Å². The zero-order valence-electron chi connectivity index (χ0n) is 13.3. The predicted octanol–water partition coefficient (Wildman–Crippen LogP) is 4.00. The van der Waals surface area contributed by atoms with E-state index >= 15 is 0 Å². The third-order valence-corrected chi connectivity index (χ3v) is 4.54. The summed E-state index contributed by atoms with van der Waals surface area (Å²) in [5.41, 5.74) is 2.54. The van der Waals surface area contributed by atoms with Crippen LogP contribution in [-0.4, -0.2) is 24.6 Å². The van der Waals surface area contributed by atoms with E-state index in [1.54, 1.807) is 0 Å². The lowest BCUT2D eigenvalue weighted by atomic mass is 10.1. The summed E-state index contributed by atoms with van der Waals surface area (Å²) in [7, 11) is 0. The molecule has 0 spiro atoms. The van der Waals surface area contributed by atoms with Crippen molar-refractivity contribution >= 4 is 0 Å². The van der Waals surface area contributed by atoms with Crippen LogP contribution < -0.4 is 9.47 Å². The molecule has 3 nitrogen and oxygen atoms in total. The Labute approximate surface area is 137 Å². The van der Waals surface area contributed by atoms with E-state index in [0.717, 1.165) is 24.6 Å². The van der Waals surface area contributed by atoms with E-state index in [1.165, 1.54) is 30.5 Å². The quantitative estimate of drug-likeness (QED) is 0.855. The summed E-state index contributed by atoms with van der Waals surface area (Å²) in [6, 6.07) is 16.6. The number of likely N-dealkylation sites (tertiary alicyclic amines) is 1. The molecular formula is C20H22NO2. The van der Waals surface area contributed by atoms with Gasteiger partial charge in [0, 0.05) is 13.1 Å². The Balaban J connectivity index is 1.42. The standard InChI is InChI=1S/C20H22NO2/c1-4-12-21(13-5-1)14-16-8-10-17(11-9-16)20-15-22-18-6-2-3-7-19(18)23-20/h2-4,6-11,20H,1,5,12-15H2/t20-/m1/s1. The first-order valence-electron chi connectivity index (χ1n) is 8.40. The minimum atomic E-state index is -0.0257. The fourth-order valence-corrected chi connectivity index (χ4v) is 3.25. The van der Waals surface area contributed by atoms with E-state index in [9.17, 15) is 0 Å². The molecule has 1 atom stereocenters. The van der Waals surface area contributed by atoms with Gasteiger partial charge in [0.05, 0.1) is 0 Å². The molecule has 2 aromatic carbocycles. The summed E-state index contributed by atoms with van der Waals surface area (Å²) in [6.07, 6.45) is 4.89. The van der Waals surface area contributed by atoms with E-state index in [-0.39, 0.29) is 6.10 Å². The Hall–Kier alpha value is -2.00. The van der Waals surface area contributed by atoms with E-state index in [1.807, 2.05) is 24.3 Å². The summed E-state index contributed by atoms with van der Waals surface area (Å²) >= 11 is 0. The Bertz CT molecular complexity index is 647. The first-order valence-corrected chi connectivity index (χ1v) is 8.40. The number of ether oxygens (including phenoxy) is 2. The number of hydrogen-bond acceptors (Lipinski definition) is 3. The highest BCUT2D eigenvalue weighted by atomic mass is 16.6. The van der Waals surface area contributed by atoms with Crippen molar-refractivity contribution in [3.8, 4) is 11.5 Å². The lowest BCUT2D eigenvalue weighted by Crippen LogP contribution is -2.29. The molecule has 3 heteroatoms. The molecule has 2 aromatic rings. The number of hydrogen-bond donors (Lipinski definition) is 0. The molecule has 2 heterocycles. The van der Waals surface area contributed by atoms with Crippen LogP contribution >= 0.6 is 0 Å². The van der Waals surface area contributed by atoms with Crippen LogP contribution in [0.2, 0.25) is 0 Å². The fraction of sp³-hybridized carbons (Fsp3) is 0.350. The van der Waals surface area contributed by atoms with E-state index in [0.29, 0.717) is 6.61 Å². The van der Waals surface area contributed by atoms with Crippen LogP contribution in [0.1, 0.15) is 30.1 Å². The van der Waals surface area contributed by atoms with Crippen LogP contribution in [0.5, 0.6) is 11.5 Å². The van der Waals surface area contributed by atoms with Gasteiger partial charge in [-0.3, -0.25) is 4.90 Å². The molecular weight excluding hydrogens is 286 g/mol. The predicted molar refractivity (Wildman–Crippen MR) is 90.6 cm³/mol. The maximum atomic E-state index is 6.07. The highest BCUT2D eigenvalue weighted by Gasteiger charge is 2.22. The van der Waals surface area contributed by atoms with Gasteiger partial charge in [-0.25, -0.2) is 0 Å². The summed E-state index contributed by atoms with van der Waals surface area (Å²) < 4.78 is 11.9. The van der Waals surface area contributed by atoms with Gasteiger partial charge in [-0.2, -0.15) is 0 Å². The molecule has 0 bridgehead atoms. The summed E-state index contributed by atoms with van der Waals surface area (Å²) in [6.45, 7) is 3.91. The highest BCUT2D eigenvalue weighted by molar-refractivity contribution is 5.41. The Morgan fingerprint density at radius 1 is 1.00 bits per heavy atom. The molecule has 0 aliphatic carbocycles. The average Bonchev–Trinajstić information content (AvgIpc) is 2.63. The van der Waals surface area contributed by atoms with Crippen molar-refractivity contribution < 1.29 is 9.47 Å². The van der Waals surface area contributed by atoms with Gasteiger partial charge in [-0.1, -0.05) is 36.4 Å². The van der Waals surface area contributed by atoms with Gasteiger partial charge in [-0.05, 0) is 49.1 Å². The van der Waals surface area contributed by atoms with Gasteiger partial charge < -0.3 is 9.47 Å². The number of para-hydroxylation sites is 2. The SMILES string of the molecule is [CH]1CCCN(Cc2ccc([C@H]3COc4ccccc4O3)cc2)C1. The van der Waals surface area contributed by atoms with Gasteiger partial charge in [0.1, 0.15) is 6.61 Å². The maximum Gasteiger partial charge on any atom is 0.162 e. The van der Waals surface area contributed by atoms with Crippen molar-refractivity contribution in [3.05, 3.63) is 66.1 Å². The van der Waals surface area contributed by atoms with Crippen molar-refractivity contribution in [2.75, 3.05) is 19.7 Å². The monoisotopic (exact) mass is 308 g/mol. The summed E-state index contributed by atoms with van der Waals surface area (Å²) in [5.74, 6) is 1.67. The minimum Gasteiger partial charge on any atom is -0.485 e. The number of piperidine rings is 1. The topological polar surface area (TPSA) is 21.7 Å². The van der Waals surface area contributed by atoms with E-state index in [2.05, 4.69) is 35.6 Å². The van der Waals surface area contributed by atoms with E-state index in [4.69, 9.17) is 9.47 Å². The van der Waals surface area contributed by atoms with Gasteiger partial charge in [0.2, 0.25) is 0 Å². The van der Waals surface area contributed by atoms with Crippen LogP contribution in [0.4, 0.5) is 0 Å². The first-order chi connectivity index (χ1) is 11.4. The molecule has 23 heavy (non-hydrogen) atoms. The number of rotatable bonds is 3. The van der Waals surface area contributed by atoms with Gasteiger partial charge in [0.25, 0.3) is 0 Å². The molecule has 1 radical (unpaired) electrons. The Morgan fingerprint density at radius 2 is 1.83 bits per heavy atom. The molecule has 0 unspecified atom stereocenters. The van der Waals surface area contributed by atoms with Gasteiger partial charge in [0.15, 0.2) is 17.6 Å². The van der Waals surface area contributed by atoms with Crippen molar-refractivity contribution in [2.24, 2.45) is 0 Å². The van der Waals surface area contributed by atoms with Crippen LogP contribution in [0.25, 0.3) is 0 Å². The third-order valence-electron chi connectivity index (χ3n) is 4.54. The van der Waals surface area contributed by atoms with E-state index < -0.39 is 0 Å². The lowest BCUT2D eigenvalue weighted by Gasteiger charge is -2.28.